The fraction of sp³-hybridized carbons (Fsp3) is 0.833. The van der Waals surface area contributed by atoms with Crippen molar-refractivity contribution in [3.8, 4) is 0 Å². The molecular weight excluding hydrogens is 222 g/mol. The highest BCUT2D eigenvalue weighted by atomic mass is 16.5. The van der Waals surface area contributed by atoms with E-state index in [4.69, 9.17) is 9.84 Å². The van der Waals surface area contributed by atoms with E-state index in [0.717, 1.165) is 0 Å². The number of rotatable bonds is 8. The molecule has 0 aromatic heterocycles. The molecule has 0 bridgehead atoms. The van der Waals surface area contributed by atoms with Crippen LogP contribution in [0.3, 0.4) is 0 Å². The molecule has 0 aliphatic carbocycles. The average Bonchev–Trinajstić information content (AvgIpc) is 2.22. The van der Waals surface area contributed by atoms with E-state index in [1.807, 2.05) is 13.8 Å². The van der Waals surface area contributed by atoms with E-state index in [-0.39, 0.29) is 18.1 Å². The summed E-state index contributed by atoms with van der Waals surface area (Å²) in [5, 5.41) is 11.4. The molecule has 2 atom stereocenters. The number of amides is 1. The third kappa shape index (κ3) is 7.74. The standard InChI is InChI=1S/C12H23NO4/c1-8(2)17-7-5-6-11(14)13-10(4)9(3)12(15)16/h8-10H,5-7H2,1-4H3,(H,13,14)(H,15,16). The first-order valence-electron chi connectivity index (χ1n) is 5.98. The SMILES string of the molecule is CC(C)OCCCC(=O)NC(C)C(C)C(=O)O. The molecule has 0 aliphatic rings. The molecule has 1 amide bonds. The van der Waals surface area contributed by atoms with Crippen LogP contribution in [0.5, 0.6) is 0 Å². The van der Waals surface area contributed by atoms with Crippen LogP contribution in [-0.2, 0) is 14.3 Å². The summed E-state index contributed by atoms with van der Waals surface area (Å²) in [4.78, 5) is 22.2. The van der Waals surface area contributed by atoms with Gasteiger partial charge < -0.3 is 15.2 Å². The molecule has 0 aromatic carbocycles. The lowest BCUT2D eigenvalue weighted by atomic mass is 10.0. The Kier molecular flexibility index (Phi) is 7.54. The highest BCUT2D eigenvalue weighted by Crippen LogP contribution is 2.03. The number of carbonyl (C=O) groups is 2. The minimum Gasteiger partial charge on any atom is -0.481 e. The second-order valence-electron chi connectivity index (χ2n) is 4.51. The van der Waals surface area contributed by atoms with Gasteiger partial charge in [0, 0.05) is 19.1 Å². The van der Waals surface area contributed by atoms with Gasteiger partial charge in [0.15, 0.2) is 0 Å². The summed E-state index contributed by atoms with van der Waals surface area (Å²) in [7, 11) is 0. The normalized spacial score (nSPS) is 14.4. The Morgan fingerprint density at radius 1 is 1.24 bits per heavy atom. The Morgan fingerprint density at radius 2 is 1.82 bits per heavy atom. The average molecular weight is 245 g/mol. The van der Waals surface area contributed by atoms with Crippen LogP contribution in [0.1, 0.15) is 40.5 Å². The van der Waals surface area contributed by atoms with E-state index in [9.17, 15) is 9.59 Å². The van der Waals surface area contributed by atoms with Gasteiger partial charge in [0.1, 0.15) is 0 Å². The summed E-state index contributed by atoms with van der Waals surface area (Å²) in [5.41, 5.74) is 0. The van der Waals surface area contributed by atoms with Crippen molar-refractivity contribution >= 4 is 11.9 Å². The van der Waals surface area contributed by atoms with Crippen molar-refractivity contribution < 1.29 is 19.4 Å². The molecule has 0 heterocycles. The Bertz CT molecular complexity index is 253. The van der Waals surface area contributed by atoms with Crippen LogP contribution in [0.25, 0.3) is 0 Å². The molecule has 0 aromatic rings. The van der Waals surface area contributed by atoms with Crippen molar-refractivity contribution in [2.75, 3.05) is 6.61 Å². The largest absolute Gasteiger partial charge is 0.481 e. The maximum Gasteiger partial charge on any atom is 0.308 e. The zero-order chi connectivity index (χ0) is 13.4. The molecule has 0 saturated heterocycles. The quantitative estimate of drug-likeness (QED) is 0.634. The number of carboxylic acid groups (broad SMARTS) is 1. The summed E-state index contributed by atoms with van der Waals surface area (Å²) < 4.78 is 5.31. The lowest BCUT2D eigenvalue weighted by Crippen LogP contribution is -2.40. The van der Waals surface area contributed by atoms with Crippen LogP contribution in [0, 0.1) is 5.92 Å². The van der Waals surface area contributed by atoms with Gasteiger partial charge in [0.25, 0.3) is 0 Å². The molecule has 0 fully saturated rings. The molecule has 0 spiro atoms. The lowest BCUT2D eigenvalue weighted by Gasteiger charge is -2.17. The van der Waals surface area contributed by atoms with Crippen LogP contribution in [0.2, 0.25) is 0 Å². The van der Waals surface area contributed by atoms with Crippen molar-refractivity contribution in [2.24, 2.45) is 5.92 Å². The Hall–Kier alpha value is -1.10. The molecule has 5 heteroatoms. The van der Waals surface area contributed by atoms with Crippen LogP contribution < -0.4 is 5.32 Å². The summed E-state index contributed by atoms with van der Waals surface area (Å²) in [6.45, 7) is 7.71. The topological polar surface area (TPSA) is 75.6 Å². The summed E-state index contributed by atoms with van der Waals surface area (Å²) in [5.74, 6) is -1.61. The monoisotopic (exact) mass is 245 g/mol. The van der Waals surface area contributed by atoms with Crippen molar-refractivity contribution in [3.63, 3.8) is 0 Å². The first kappa shape index (κ1) is 15.9. The van der Waals surface area contributed by atoms with Gasteiger partial charge >= 0.3 is 5.97 Å². The summed E-state index contributed by atoms with van der Waals surface area (Å²) >= 11 is 0. The van der Waals surface area contributed by atoms with E-state index in [1.165, 1.54) is 0 Å². The molecule has 0 radical (unpaired) electrons. The summed E-state index contributed by atoms with van der Waals surface area (Å²) in [6.07, 6.45) is 1.19. The fourth-order valence-electron chi connectivity index (χ4n) is 1.22. The predicted octanol–water partition coefficient (Wildman–Crippen LogP) is 1.42. The van der Waals surface area contributed by atoms with Crippen molar-refractivity contribution in [2.45, 2.75) is 52.7 Å². The van der Waals surface area contributed by atoms with Gasteiger partial charge in [-0.25, -0.2) is 0 Å². The van der Waals surface area contributed by atoms with Gasteiger partial charge in [-0.05, 0) is 34.1 Å². The van der Waals surface area contributed by atoms with Gasteiger partial charge in [-0.15, -0.1) is 0 Å². The number of carboxylic acids is 1. The van der Waals surface area contributed by atoms with E-state index >= 15 is 0 Å². The Labute approximate surface area is 103 Å². The fourth-order valence-corrected chi connectivity index (χ4v) is 1.22. The maximum atomic E-state index is 11.5. The molecule has 100 valence electrons. The van der Waals surface area contributed by atoms with E-state index in [1.54, 1.807) is 13.8 Å². The van der Waals surface area contributed by atoms with Gasteiger partial charge in [-0.1, -0.05) is 0 Å². The second kappa shape index (κ2) is 8.06. The molecule has 17 heavy (non-hydrogen) atoms. The smallest absolute Gasteiger partial charge is 0.308 e. The second-order valence-corrected chi connectivity index (χ2v) is 4.51. The first-order chi connectivity index (χ1) is 7.84. The van der Waals surface area contributed by atoms with E-state index < -0.39 is 11.9 Å². The van der Waals surface area contributed by atoms with Crippen LogP contribution in [0.4, 0.5) is 0 Å². The zero-order valence-corrected chi connectivity index (χ0v) is 11.0. The lowest BCUT2D eigenvalue weighted by molar-refractivity contribution is -0.142. The van der Waals surface area contributed by atoms with Gasteiger partial charge in [-0.2, -0.15) is 0 Å². The summed E-state index contributed by atoms with van der Waals surface area (Å²) in [6, 6.07) is -0.356. The maximum absolute atomic E-state index is 11.5. The van der Waals surface area contributed by atoms with Gasteiger partial charge in [0.2, 0.25) is 5.91 Å². The number of nitrogens with one attached hydrogen (secondary N) is 1. The van der Waals surface area contributed by atoms with Gasteiger partial charge in [-0.3, -0.25) is 9.59 Å². The highest BCUT2D eigenvalue weighted by molar-refractivity contribution is 5.77. The molecular formula is C12H23NO4. The number of carbonyl (C=O) groups excluding carboxylic acids is 1. The Balaban J connectivity index is 3.75. The van der Waals surface area contributed by atoms with E-state index in [0.29, 0.717) is 19.4 Å². The molecule has 2 unspecified atom stereocenters. The predicted molar refractivity (Wildman–Crippen MR) is 64.7 cm³/mol. The first-order valence-corrected chi connectivity index (χ1v) is 5.98. The molecule has 0 rings (SSSR count). The van der Waals surface area contributed by atoms with Gasteiger partial charge in [0.05, 0.1) is 12.0 Å². The Morgan fingerprint density at radius 3 is 2.29 bits per heavy atom. The number of aliphatic carboxylic acids is 1. The number of hydrogen-bond donors (Lipinski definition) is 2. The van der Waals surface area contributed by atoms with E-state index in [2.05, 4.69) is 5.32 Å². The van der Waals surface area contributed by atoms with Crippen LogP contribution in [-0.4, -0.2) is 35.7 Å². The zero-order valence-electron chi connectivity index (χ0n) is 11.0. The molecule has 0 aliphatic heterocycles. The minimum atomic E-state index is -0.902. The minimum absolute atomic E-state index is 0.127. The van der Waals surface area contributed by atoms with Crippen molar-refractivity contribution in [1.82, 2.24) is 5.32 Å². The van der Waals surface area contributed by atoms with Crippen LogP contribution in [0.15, 0.2) is 0 Å². The number of ether oxygens (including phenoxy) is 1. The molecule has 5 nitrogen and oxygen atoms in total. The third-order valence-corrected chi connectivity index (χ3v) is 2.53. The highest BCUT2D eigenvalue weighted by Gasteiger charge is 2.20. The van der Waals surface area contributed by atoms with Crippen molar-refractivity contribution in [3.05, 3.63) is 0 Å². The van der Waals surface area contributed by atoms with Crippen molar-refractivity contribution in [1.29, 1.82) is 0 Å². The van der Waals surface area contributed by atoms with Crippen LogP contribution >= 0.6 is 0 Å². The molecule has 0 saturated carbocycles. The third-order valence-electron chi connectivity index (χ3n) is 2.53. The molecule has 2 N–H and O–H groups in total. The number of hydrogen-bond acceptors (Lipinski definition) is 3.